The van der Waals surface area contributed by atoms with Crippen LogP contribution in [-0.4, -0.2) is 5.78 Å². The summed E-state index contributed by atoms with van der Waals surface area (Å²) >= 11 is 5.77. The zero-order valence-corrected chi connectivity index (χ0v) is 11.1. The first kappa shape index (κ1) is 13.6. The Bertz CT molecular complexity index is 594. The molecule has 0 atom stereocenters. The van der Waals surface area contributed by atoms with Crippen LogP contribution >= 0.6 is 11.6 Å². The molecule has 0 amide bonds. The van der Waals surface area contributed by atoms with E-state index in [1.807, 2.05) is 12.1 Å². The molecule has 0 aliphatic heterocycles. The van der Waals surface area contributed by atoms with Crippen molar-refractivity contribution in [3.63, 3.8) is 0 Å². The van der Waals surface area contributed by atoms with E-state index in [9.17, 15) is 9.18 Å². The molecular formula is C15H12ClFO2. The molecule has 0 aromatic heterocycles. The van der Waals surface area contributed by atoms with Gasteiger partial charge in [-0.15, -0.1) is 0 Å². The Hall–Kier alpha value is -1.87. The second-order valence-corrected chi connectivity index (χ2v) is 4.55. The molecule has 0 aliphatic rings. The van der Waals surface area contributed by atoms with Gasteiger partial charge in [0.25, 0.3) is 0 Å². The van der Waals surface area contributed by atoms with Crippen molar-refractivity contribution in [3.05, 3.63) is 64.4 Å². The third-order valence-corrected chi connectivity index (χ3v) is 2.89. The highest BCUT2D eigenvalue weighted by Gasteiger charge is 2.08. The summed E-state index contributed by atoms with van der Waals surface area (Å²) in [6, 6.07) is 11.4. The Morgan fingerprint density at radius 1 is 1.21 bits per heavy atom. The molecule has 4 heteroatoms. The van der Waals surface area contributed by atoms with Crippen LogP contribution in [-0.2, 0) is 6.61 Å². The zero-order valence-electron chi connectivity index (χ0n) is 10.3. The number of carbonyl (C=O) groups is 1. The average Bonchev–Trinajstić information content (AvgIpc) is 2.37. The van der Waals surface area contributed by atoms with Crippen LogP contribution in [0.4, 0.5) is 4.39 Å². The molecule has 98 valence electrons. The van der Waals surface area contributed by atoms with Crippen molar-refractivity contribution in [1.29, 1.82) is 0 Å². The molecule has 2 aromatic rings. The molecule has 2 nitrogen and oxygen atoms in total. The van der Waals surface area contributed by atoms with Crippen LogP contribution in [0.3, 0.4) is 0 Å². The van der Waals surface area contributed by atoms with Gasteiger partial charge in [-0.2, -0.15) is 0 Å². The summed E-state index contributed by atoms with van der Waals surface area (Å²) in [4.78, 5) is 11.1. The van der Waals surface area contributed by atoms with Gasteiger partial charge in [-0.3, -0.25) is 4.79 Å². The molecule has 2 rings (SSSR count). The number of Topliss-reactive ketones (excluding diaryl/α,β-unsaturated/α-hetero) is 1. The van der Waals surface area contributed by atoms with Crippen LogP contribution in [0.15, 0.2) is 42.5 Å². The van der Waals surface area contributed by atoms with Gasteiger partial charge in [-0.1, -0.05) is 23.7 Å². The number of ketones is 1. The van der Waals surface area contributed by atoms with Gasteiger partial charge < -0.3 is 4.74 Å². The number of halogens is 2. The van der Waals surface area contributed by atoms with Gasteiger partial charge >= 0.3 is 0 Å². The maximum atomic E-state index is 13.6. The summed E-state index contributed by atoms with van der Waals surface area (Å²) in [6.45, 7) is 1.64. The highest BCUT2D eigenvalue weighted by atomic mass is 35.5. The second-order valence-electron chi connectivity index (χ2n) is 4.11. The Kier molecular flexibility index (Phi) is 4.17. The fourth-order valence-corrected chi connectivity index (χ4v) is 1.74. The number of hydrogen-bond donors (Lipinski definition) is 0. The Morgan fingerprint density at radius 2 is 1.89 bits per heavy atom. The molecule has 0 saturated heterocycles. The smallest absolute Gasteiger partial charge is 0.162 e. The van der Waals surface area contributed by atoms with Crippen LogP contribution in [0, 0.1) is 5.82 Å². The zero-order chi connectivity index (χ0) is 13.8. The van der Waals surface area contributed by atoms with E-state index in [1.54, 1.807) is 18.2 Å². The van der Waals surface area contributed by atoms with E-state index < -0.39 is 5.82 Å². The monoisotopic (exact) mass is 278 g/mol. The van der Waals surface area contributed by atoms with Gasteiger partial charge in [0, 0.05) is 11.1 Å². The normalized spacial score (nSPS) is 10.3. The summed E-state index contributed by atoms with van der Waals surface area (Å²) in [5.74, 6) is -0.486. The number of ether oxygens (including phenoxy) is 1. The van der Waals surface area contributed by atoms with Gasteiger partial charge in [-0.25, -0.2) is 4.39 Å². The van der Waals surface area contributed by atoms with E-state index >= 15 is 0 Å². The van der Waals surface area contributed by atoms with Crippen LogP contribution in [0.5, 0.6) is 5.75 Å². The molecule has 0 heterocycles. The lowest BCUT2D eigenvalue weighted by atomic mass is 10.1. The number of hydrogen-bond acceptors (Lipinski definition) is 2. The Labute approximate surface area is 115 Å². The fourth-order valence-electron chi connectivity index (χ4n) is 1.62. The maximum absolute atomic E-state index is 13.6. The topological polar surface area (TPSA) is 26.3 Å². The van der Waals surface area contributed by atoms with Crippen molar-refractivity contribution in [2.24, 2.45) is 0 Å². The maximum Gasteiger partial charge on any atom is 0.162 e. The van der Waals surface area contributed by atoms with Gasteiger partial charge in [0.15, 0.2) is 5.78 Å². The molecule has 0 unspecified atom stereocenters. The molecule has 0 spiro atoms. The minimum absolute atomic E-state index is 0.0684. The Balaban J connectivity index is 2.06. The van der Waals surface area contributed by atoms with E-state index in [0.29, 0.717) is 17.4 Å². The summed E-state index contributed by atoms with van der Waals surface area (Å²) in [5.41, 5.74) is 0.999. The van der Waals surface area contributed by atoms with E-state index in [0.717, 1.165) is 5.56 Å². The molecular weight excluding hydrogens is 267 g/mol. The van der Waals surface area contributed by atoms with Gasteiger partial charge in [-0.05, 0) is 36.8 Å². The van der Waals surface area contributed by atoms with Crippen molar-refractivity contribution in [2.45, 2.75) is 13.5 Å². The lowest BCUT2D eigenvalue weighted by Crippen LogP contribution is -1.99. The molecule has 19 heavy (non-hydrogen) atoms. The average molecular weight is 279 g/mol. The quantitative estimate of drug-likeness (QED) is 0.781. The molecule has 0 N–H and O–H groups in total. The van der Waals surface area contributed by atoms with Gasteiger partial charge in [0.05, 0.1) is 5.56 Å². The molecule has 0 saturated carbocycles. The van der Waals surface area contributed by atoms with Gasteiger partial charge in [0.2, 0.25) is 0 Å². The van der Waals surface area contributed by atoms with E-state index in [2.05, 4.69) is 0 Å². The SMILES string of the molecule is CC(=O)c1ccc(OCc2ccc(Cl)cc2)cc1F. The standard InChI is InChI=1S/C15H12ClFO2/c1-10(18)14-7-6-13(8-15(14)17)19-9-11-2-4-12(16)5-3-11/h2-8H,9H2,1H3. The number of rotatable bonds is 4. The van der Waals surface area contributed by atoms with Crippen molar-refractivity contribution < 1.29 is 13.9 Å². The number of carbonyl (C=O) groups excluding carboxylic acids is 1. The first-order chi connectivity index (χ1) is 9.06. The molecule has 0 radical (unpaired) electrons. The molecule has 0 fully saturated rings. The fraction of sp³-hybridized carbons (Fsp3) is 0.133. The summed E-state index contributed by atoms with van der Waals surface area (Å²) < 4.78 is 19.0. The van der Waals surface area contributed by atoms with E-state index in [1.165, 1.54) is 19.1 Å². The summed E-state index contributed by atoms with van der Waals surface area (Å²) in [5, 5.41) is 0.653. The van der Waals surface area contributed by atoms with Crippen LogP contribution < -0.4 is 4.74 Å². The van der Waals surface area contributed by atoms with Crippen molar-refractivity contribution in [1.82, 2.24) is 0 Å². The van der Waals surface area contributed by atoms with Crippen LogP contribution in [0.1, 0.15) is 22.8 Å². The summed E-state index contributed by atoms with van der Waals surface area (Å²) in [6.07, 6.45) is 0. The van der Waals surface area contributed by atoms with Crippen molar-refractivity contribution in [2.75, 3.05) is 0 Å². The van der Waals surface area contributed by atoms with Crippen molar-refractivity contribution in [3.8, 4) is 5.75 Å². The first-order valence-corrected chi connectivity index (χ1v) is 6.12. The van der Waals surface area contributed by atoms with Crippen LogP contribution in [0.2, 0.25) is 5.02 Å². The third-order valence-electron chi connectivity index (χ3n) is 2.64. The highest BCUT2D eigenvalue weighted by molar-refractivity contribution is 6.30. The minimum atomic E-state index is -0.568. The third kappa shape index (κ3) is 3.55. The largest absolute Gasteiger partial charge is 0.489 e. The van der Waals surface area contributed by atoms with Crippen molar-refractivity contribution >= 4 is 17.4 Å². The lowest BCUT2D eigenvalue weighted by molar-refractivity contribution is 0.101. The number of benzene rings is 2. The molecule has 0 aliphatic carbocycles. The summed E-state index contributed by atoms with van der Waals surface area (Å²) in [7, 11) is 0. The van der Waals surface area contributed by atoms with E-state index in [4.69, 9.17) is 16.3 Å². The van der Waals surface area contributed by atoms with Crippen LogP contribution in [0.25, 0.3) is 0 Å². The second kappa shape index (κ2) is 5.85. The Morgan fingerprint density at radius 3 is 2.47 bits per heavy atom. The highest BCUT2D eigenvalue weighted by Crippen LogP contribution is 2.19. The first-order valence-electron chi connectivity index (χ1n) is 5.74. The predicted octanol–water partition coefficient (Wildman–Crippen LogP) is 4.26. The van der Waals surface area contributed by atoms with E-state index in [-0.39, 0.29) is 11.3 Å². The minimum Gasteiger partial charge on any atom is -0.489 e. The molecule has 2 aromatic carbocycles. The predicted molar refractivity (Wildman–Crippen MR) is 72.2 cm³/mol. The molecule has 0 bridgehead atoms. The van der Waals surface area contributed by atoms with Gasteiger partial charge in [0.1, 0.15) is 18.2 Å². The lowest BCUT2D eigenvalue weighted by Gasteiger charge is -2.07.